The molecule has 0 aliphatic rings. The van der Waals surface area contributed by atoms with Gasteiger partial charge in [-0.1, -0.05) is 60.3 Å². The number of carbonyl (C=O) groups is 4. The summed E-state index contributed by atoms with van der Waals surface area (Å²) in [5.74, 6) is -0.923. The second-order valence-corrected chi connectivity index (χ2v) is 12.3. The fourth-order valence-electron chi connectivity index (χ4n) is 4.71. The van der Waals surface area contributed by atoms with Crippen molar-refractivity contribution in [2.45, 2.75) is 52.4 Å². The number of anilines is 2. The van der Waals surface area contributed by atoms with Crippen LogP contribution in [0.5, 0.6) is 0 Å². The highest BCUT2D eigenvalue weighted by Crippen LogP contribution is 2.17. The standard InChI is InChI=1S/C38H38Cl2N6O4/c1-25(29-9-7-11-33(23-29)41-37(49)27-15-19-31(39)20-16-27)43-45-35(47)13-5-3-4-6-14-36(48)46-44-26(2)30-10-8-12-34(24-30)42-38(50)28-17-21-32(40)22-18-28/h7-12,15-24H,3-6,13-14H2,1-2H3,(H,41,49)(H,42,50)(H,45,47)(H,46,48)/b43-25+,44-26+. The number of nitrogens with zero attached hydrogens (tertiary/aromatic N) is 2. The molecule has 0 aliphatic carbocycles. The quantitative estimate of drug-likeness (QED) is 0.0560. The van der Waals surface area contributed by atoms with Gasteiger partial charge in [0.2, 0.25) is 11.8 Å². The lowest BCUT2D eigenvalue weighted by Gasteiger charge is -2.08. The van der Waals surface area contributed by atoms with E-state index in [1.165, 1.54) is 0 Å². The van der Waals surface area contributed by atoms with E-state index in [0.717, 1.165) is 24.0 Å². The van der Waals surface area contributed by atoms with E-state index >= 15 is 0 Å². The Hall–Kier alpha value is -5.32. The first-order valence-electron chi connectivity index (χ1n) is 16.1. The normalized spacial score (nSPS) is 11.4. The summed E-state index contributed by atoms with van der Waals surface area (Å²) in [5.41, 5.74) is 10.0. The van der Waals surface area contributed by atoms with Crippen LogP contribution in [-0.2, 0) is 9.59 Å². The van der Waals surface area contributed by atoms with Gasteiger partial charge < -0.3 is 10.6 Å². The number of carbonyl (C=O) groups excluding carboxylic acids is 4. The number of hydrazone groups is 2. The van der Waals surface area contributed by atoms with Crippen LogP contribution in [0.1, 0.15) is 84.2 Å². The predicted molar refractivity (Wildman–Crippen MR) is 200 cm³/mol. The van der Waals surface area contributed by atoms with Gasteiger partial charge in [0.25, 0.3) is 11.8 Å². The fraction of sp³-hybridized carbons (Fsp3) is 0.211. The molecule has 4 aromatic rings. The lowest BCUT2D eigenvalue weighted by atomic mass is 10.1. The summed E-state index contributed by atoms with van der Waals surface area (Å²) in [5, 5.41) is 15.2. The molecule has 0 atom stereocenters. The molecule has 0 aliphatic heterocycles. The largest absolute Gasteiger partial charge is 0.322 e. The summed E-state index contributed by atoms with van der Waals surface area (Å²) in [4.78, 5) is 49.7. The molecule has 0 aromatic heterocycles. The van der Waals surface area contributed by atoms with E-state index in [1.54, 1.807) is 98.8 Å². The second-order valence-electron chi connectivity index (χ2n) is 11.5. The van der Waals surface area contributed by atoms with Crippen LogP contribution in [0.15, 0.2) is 107 Å². The van der Waals surface area contributed by atoms with Gasteiger partial charge in [0.15, 0.2) is 0 Å². The van der Waals surface area contributed by atoms with E-state index in [1.807, 2.05) is 12.1 Å². The Bertz CT molecular complexity index is 1740. The van der Waals surface area contributed by atoms with Gasteiger partial charge in [-0.15, -0.1) is 0 Å². The molecule has 0 radical (unpaired) electrons. The highest BCUT2D eigenvalue weighted by atomic mass is 35.5. The zero-order valence-electron chi connectivity index (χ0n) is 27.8. The lowest BCUT2D eigenvalue weighted by molar-refractivity contribution is -0.122. The maximum absolute atomic E-state index is 12.5. The van der Waals surface area contributed by atoms with Crippen LogP contribution in [0.3, 0.4) is 0 Å². The number of unbranched alkanes of at least 4 members (excludes halogenated alkanes) is 3. The molecule has 0 fully saturated rings. The molecule has 0 heterocycles. The summed E-state index contributed by atoms with van der Waals surface area (Å²) in [6, 6.07) is 27.6. The minimum atomic E-state index is -0.261. The maximum atomic E-state index is 12.5. The van der Waals surface area contributed by atoms with Crippen molar-refractivity contribution in [1.29, 1.82) is 0 Å². The van der Waals surface area contributed by atoms with E-state index in [-0.39, 0.29) is 23.6 Å². The molecule has 0 saturated heterocycles. The van der Waals surface area contributed by atoms with Crippen molar-refractivity contribution in [3.63, 3.8) is 0 Å². The molecule has 0 unspecified atom stereocenters. The van der Waals surface area contributed by atoms with E-state index in [2.05, 4.69) is 31.7 Å². The first kappa shape index (κ1) is 37.5. The maximum Gasteiger partial charge on any atom is 0.255 e. The Balaban J connectivity index is 1.12. The summed E-state index contributed by atoms with van der Waals surface area (Å²) in [7, 11) is 0. The number of halogens is 2. The molecule has 12 heteroatoms. The zero-order valence-corrected chi connectivity index (χ0v) is 29.3. The van der Waals surface area contributed by atoms with Crippen LogP contribution in [-0.4, -0.2) is 35.1 Å². The van der Waals surface area contributed by atoms with Gasteiger partial charge in [0, 0.05) is 45.4 Å². The Labute approximate surface area is 301 Å². The van der Waals surface area contributed by atoms with Crippen molar-refractivity contribution < 1.29 is 19.2 Å². The fourth-order valence-corrected chi connectivity index (χ4v) is 4.96. The first-order chi connectivity index (χ1) is 24.1. The zero-order chi connectivity index (χ0) is 35.9. The second kappa shape index (κ2) is 19.0. The van der Waals surface area contributed by atoms with Gasteiger partial charge in [-0.25, -0.2) is 10.9 Å². The smallest absolute Gasteiger partial charge is 0.255 e. The van der Waals surface area contributed by atoms with Crippen LogP contribution in [0, 0.1) is 0 Å². The van der Waals surface area contributed by atoms with E-state index in [4.69, 9.17) is 23.2 Å². The predicted octanol–water partition coefficient (Wildman–Crippen LogP) is 8.22. The number of hydrogen-bond acceptors (Lipinski definition) is 6. The van der Waals surface area contributed by atoms with Gasteiger partial charge in [-0.3, -0.25) is 19.2 Å². The van der Waals surface area contributed by atoms with Gasteiger partial charge in [-0.05, 0) is 111 Å². The molecule has 0 spiro atoms. The average Bonchev–Trinajstić information content (AvgIpc) is 3.11. The first-order valence-corrected chi connectivity index (χ1v) is 16.8. The molecule has 4 amide bonds. The van der Waals surface area contributed by atoms with Crippen molar-refractivity contribution in [3.8, 4) is 0 Å². The number of nitrogens with one attached hydrogen (secondary N) is 4. The lowest BCUT2D eigenvalue weighted by Crippen LogP contribution is -2.19. The summed E-state index contributed by atoms with van der Waals surface area (Å²) in [6.07, 6.45) is 3.52. The van der Waals surface area contributed by atoms with Gasteiger partial charge in [-0.2, -0.15) is 10.2 Å². The average molecular weight is 714 g/mol. The summed E-state index contributed by atoms with van der Waals surface area (Å²) < 4.78 is 0. The van der Waals surface area contributed by atoms with Crippen LogP contribution >= 0.6 is 23.2 Å². The number of benzene rings is 4. The van der Waals surface area contributed by atoms with Crippen LogP contribution in [0.2, 0.25) is 10.0 Å². The molecule has 0 bridgehead atoms. The minimum Gasteiger partial charge on any atom is -0.322 e. The van der Waals surface area contributed by atoms with Crippen molar-refractivity contribution in [2.75, 3.05) is 10.6 Å². The van der Waals surface area contributed by atoms with Gasteiger partial charge in [0.05, 0.1) is 11.4 Å². The van der Waals surface area contributed by atoms with Crippen LogP contribution < -0.4 is 21.5 Å². The Morgan fingerprint density at radius 2 is 0.900 bits per heavy atom. The summed E-state index contributed by atoms with van der Waals surface area (Å²) in [6.45, 7) is 3.55. The van der Waals surface area contributed by atoms with E-state index < -0.39 is 0 Å². The van der Waals surface area contributed by atoms with Gasteiger partial charge in [0.1, 0.15) is 0 Å². The number of hydrogen-bond donors (Lipinski definition) is 4. The topological polar surface area (TPSA) is 141 Å². The third kappa shape index (κ3) is 12.3. The van der Waals surface area contributed by atoms with Crippen molar-refractivity contribution in [3.05, 3.63) is 129 Å². The van der Waals surface area contributed by atoms with Crippen molar-refractivity contribution in [1.82, 2.24) is 10.9 Å². The highest BCUT2D eigenvalue weighted by molar-refractivity contribution is 6.31. The number of rotatable bonds is 15. The van der Waals surface area contributed by atoms with Crippen LogP contribution in [0.25, 0.3) is 0 Å². The molecule has 10 nitrogen and oxygen atoms in total. The third-order valence-electron chi connectivity index (χ3n) is 7.54. The van der Waals surface area contributed by atoms with Gasteiger partial charge >= 0.3 is 0 Å². The third-order valence-corrected chi connectivity index (χ3v) is 8.05. The van der Waals surface area contributed by atoms with Crippen molar-refractivity contribution >= 4 is 69.6 Å². The van der Waals surface area contributed by atoms with E-state index in [9.17, 15) is 19.2 Å². The molecule has 258 valence electrons. The Morgan fingerprint density at radius 1 is 0.520 bits per heavy atom. The Kier molecular flexibility index (Phi) is 14.3. The monoisotopic (exact) mass is 712 g/mol. The van der Waals surface area contributed by atoms with Crippen LogP contribution in [0.4, 0.5) is 11.4 Å². The molecule has 4 rings (SSSR count). The van der Waals surface area contributed by atoms with Crippen molar-refractivity contribution in [2.24, 2.45) is 10.2 Å². The SMILES string of the molecule is C/C(=N\NC(=O)CCCCCCC(=O)N/N=C(\C)c1cccc(NC(=O)c2ccc(Cl)cc2)c1)c1cccc(NC(=O)c2ccc(Cl)cc2)c1. The molecule has 4 N–H and O–H groups in total. The minimum absolute atomic E-state index is 0.201. The Morgan fingerprint density at radius 3 is 1.28 bits per heavy atom. The number of amides is 4. The molecule has 0 saturated carbocycles. The summed E-state index contributed by atoms with van der Waals surface area (Å²) >= 11 is 11.8. The van der Waals surface area contributed by atoms with E-state index in [0.29, 0.717) is 69.7 Å². The molecule has 50 heavy (non-hydrogen) atoms. The molecular formula is C38H38Cl2N6O4. The molecule has 4 aromatic carbocycles. The molecular weight excluding hydrogens is 675 g/mol. The highest BCUT2D eigenvalue weighted by Gasteiger charge is 2.10.